The lowest BCUT2D eigenvalue weighted by Crippen LogP contribution is -2.26. The molecule has 0 saturated carbocycles. The van der Waals surface area contributed by atoms with Crippen molar-refractivity contribution in [1.82, 2.24) is 39.5 Å². The van der Waals surface area contributed by atoms with Crippen molar-refractivity contribution >= 4 is 29.2 Å². The third kappa shape index (κ3) is 13.2. The van der Waals surface area contributed by atoms with E-state index < -0.39 is 31.4 Å². The average molecular weight is 820 g/mol. The molecule has 3 aromatic carbocycles. The summed E-state index contributed by atoms with van der Waals surface area (Å²) in [6, 6.07) is 21.9. The molecule has 0 aliphatic rings. The lowest BCUT2D eigenvalue weighted by molar-refractivity contribution is 0.199. The molecule has 0 amide bonds. The molecular formula is C45H51N9O2S2. The smallest absolute Gasteiger partial charge is 0.267 e. The van der Waals surface area contributed by atoms with Gasteiger partial charge in [-0.05, 0) is 120 Å². The zero-order valence-electron chi connectivity index (χ0n) is 39.0. The normalized spacial score (nSPS) is 14.1. The van der Waals surface area contributed by atoms with E-state index in [1.807, 2.05) is 20.2 Å². The monoisotopic (exact) mass is 819 g/mol. The molecule has 6 aromatic rings. The number of aliphatic hydroxyl groups excluding tert-OH is 1. The Morgan fingerprint density at radius 1 is 0.724 bits per heavy atom. The fraction of sp³-hybridized carbons (Fsp3) is 0.311. The van der Waals surface area contributed by atoms with E-state index in [2.05, 4.69) is 53.8 Å². The Hall–Kier alpha value is -5.23. The van der Waals surface area contributed by atoms with Crippen LogP contribution < -0.4 is 5.56 Å². The van der Waals surface area contributed by atoms with Gasteiger partial charge in [0.25, 0.3) is 5.56 Å². The van der Waals surface area contributed by atoms with Gasteiger partial charge in [0.2, 0.25) is 0 Å². The van der Waals surface area contributed by atoms with E-state index in [4.69, 9.17) is 14.8 Å². The Kier molecular flexibility index (Phi) is 13.7. The summed E-state index contributed by atoms with van der Waals surface area (Å²) >= 11 is 3.40. The van der Waals surface area contributed by atoms with Crippen LogP contribution in [0.15, 0.2) is 124 Å². The predicted octanol–water partition coefficient (Wildman–Crippen LogP) is 8.81. The number of hydrogen-bond acceptors (Lipinski definition) is 11. The molecule has 58 heavy (non-hydrogen) atoms. The van der Waals surface area contributed by atoms with E-state index in [0.29, 0.717) is 50.8 Å². The van der Waals surface area contributed by atoms with E-state index >= 15 is 0 Å². The molecule has 11 nitrogen and oxygen atoms in total. The Balaban J connectivity index is 0.000000266. The maximum absolute atomic E-state index is 12.9. The Morgan fingerprint density at radius 2 is 1.26 bits per heavy atom. The third-order valence-corrected chi connectivity index (χ3v) is 10.6. The van der Waals surface area contributed by atoms with Crippen molar-refractivity contribution in [3.8, 4) is 34.0 Å². The SMILES string of the molecule is [2H]C([2H])([2H])C(O)c1cccc(-c2ncc(SCCCN(C)C)cn2)c1.[2H]C([2H])([2H])C(c1cccc(-c2ncc(SCCCN(C)C)cn2)c1)n1nc(-c2cccc([N+]#[C-])c2)ccc1=O. The van der Waals surface area contributed by atoms with Gasteiger partial charge >= 0.3 is 0 Å². The summed E-state index contributed by atoms with van der Waals surface area (Å²) in [6.45, 7) is 4.29. The summed E-state index contributed by atoms with van der Waals surface area (Å²) < 4.78 is 47.8. The molecule has 13 heteroatoms. The number of benzene rings is 3. The van der Waals surface area contributed by atoms with Crippen LogP contribution in [0.5, 0.6) is 0 Å². The van der Waals surface area contributed by atoms with Crippen molar-refractivity contribution in [2.24, 2.45) is 0 Å². The van der Waals surface area contributed by atoms with Gasteiger partial charge in [-0.25, -0.2) is 29.5 Å². The molecule has 0 spiro atoms. The summed E-state index contributed by atoms with van der Waals surface area (Å²) in [4.78, 5) is 40.3. The quantitative estimate of drug-likeness (QED) is 0.0574. The molecule has 2 unspecified atom stereocenters. The van der Waals surface area contributed by atoms with Crippen molar-refractivity contribution in [1.29, 1.82) is 0 Å². The first-order chi connectivity index (χ1) is 30.4. The molecule has 0 bridgehead atoms. The first kappa shape index (κ1) is 35.9. The van der Waals surface area contributed by atoms with E-state index in [1.165, 1.54) is 12.1 Å². The number of thioether (sulfide) groups is 2. The van der Waals surface area contributed by atoms with E-state index in [0.717, 1.165) is 51.9 Å². The fourth-order valence-electron chi connectivity index (χ4n) is 5.56. The lowest BCUT2D eigenvalue weighted by Gasteiger charge is -2.16. The summed E-state index contributed by atoms with van der Waals surface area (Å²) in [5.41, 5.74) is 2.94. The van der Waals surface area contributed by atoms with E-state index in [1.54, 1.807) is 115 Å². The van der Waals surface area contributed by atoms with Gasteiger partial charge in [-0.15, -0.1) is 23.5 Å². The number of aromatic nitrogens is 6. The predicted molar refractivity (Wildman–Crippen MR) is 237 cm³/mol. The van der Waals surface area contributed by atoms with Crippen LogP contribution in [0.1, 0.15) is 58.0 Å². The Labute approximate surface area is 358 Å². The molecule has 1 N–H and O–H groups in total. The standard InChI is InChI=1S/C28H28N6OS.C17H23N3OS/c1-20(34-27(35)13-12-26(32-34)22-9-6-11-24(17-22)29-2)21-8-5-10-23(16-21)28-30-18-25(19-31-28)36-15-7-14-33(3)4;1-13(21)14-6-4-7-15(10-14)17-18-11-16(12-19-17)22-9-5-8-20(2)3/h5-6,8-13,16-20H,7,14-15H2,1,3-4H3;4,6-7,10-13,21H,5,8-9H2,1-3H3/i2*1D3. The maximum Gasteiger partial charge on any atom is 0.267 e. The zero-order valence-corrected chi connectivity index (χ0v) is 34.6. The highest BCUT2D eigenvalue weighted by molar-refractivity contribution is 7.99. The largest absolute Gasteiger partial charge is 0.389 e. The minimum Gasteiger partial charge on any atom is -0.389 e. The number of hydrogen-bond donors (Lipinski definition) is 1. The van der Waals surface area contributed by atoms with Crippen LogP contribution >= 0.6 is 23.5 Å². The fourth-order valence-corrected chi connectivity index (χ4v) is 7.08. The Morgan fingerprint density at radius 3 is 1.79 bits per heavy atom. The lowest BCUT2D eigenvalue weighted by atomic mass is 10.0. The molecule has 300 valence electrons. The molecule has 0 aliphatic heterocycles. The van der Waals surface area contributed by atoms with E-state index in [-0.39, 0.29) is 0 Å². The average Bonchev–Trinajstić information content (AvgIpc) is 3.27. The molecular weight excluding hydrogens is 763 g/mol. The molecule has 0 aliphatic carbocycles. The first-order valence-electron chi connectivity index (χ1n) is 21.6. The van der Waals surface area contributed by atoms with Gasteiger partial charge < -0.3 is 14.9 Å². The van der Waals surface area contributed by atoms with Gasteiger partial charge in [0.15, 0.2) is 17.3 Å². The van der Waals surface area contributed by atoms with Crippen molar-refractivity contribution < 1.29 is 13.3 Å². The van der Waals surface area contributed by atoms with Gasteiger partial charge in [-0.3, -0.25) is 4.79 Å². The highest BCUT2D eigenvalue weighted by Crippen LogP contribution is 2.27. The van der Waals surface area contributed by atoms with Crippen molar-refractivity contribution in [3.05, 3.63) is 143 Å². The molecule has 2 atom stereocenters. The second kappa shape index (κ2) is 22.1. The molecule has 6 rings (SSSR count). The zero-order chi connectivity index (χ0) is 46.4. The van der Waals surface area contributed by atoms with Crippen LogP contribution in [0, 0.1) is 6.57 Å². The van der Waals surface area contributed by atoms with Gasteiger partial charge in [0.05, 0.1) is 24.4 Å². The summed E-state index contributed by atoms with van der Waals surface area (Å²) in [7, 11) is 8.21. The third-order valence-electron chi connectivity index (χ3n) is 8.55. The highest BCUT2D eigenvalue weighted by Gasteiger charge is 2.15. The molecule has 0 fully saturated rings. The first-order valence-corrected chi connectivity index (χ1v) is 20.6. The van der Waals surface area contributed by atoms with Crippen molar-refractivity contribution in [3.63, 3.8) is 0 Å². The molecule has 0 radical (unpaired) electrons. The summed E-state index contributed by atoms with van der Waals surface area (Å²) in [5, 5.41) is 14.3. The van der Waals surface area contributed by atoms with Gasteiger partial charge in [0, 0.05) is 60.0 Å². The van der Waals surface area contributed by atoms with Crippen LogP contribution in [0.2, 0.25) is 0 Å². The number of nitrogens with zero attached hydrogens (tertiary/aromatic N) is 9. The molecule has 3 heterocycles. The molecule has 3 aromatic heterocycles. The van der Waals surface area contributed by atoms with Gasteiger partial charge in [0.1, 0.15) is 0 Å². The number of aliphatic hydroxyl groups is 1. The summed E-state index contributed by atoms with van der Waals surface area (Å²) in [5.74, 6) is 2.93. The minimum absolute atomic E-state index is 0.336. The van der Waals surface area contributed by atoms with E-state index in [9.17, 15) is 9.90 Å². The second-order valence-corrected chi connectivity index (χ2v) is 16.1. The second-order valence-electron chi connectivity index (χ2n) is 13.7. The maximum atomic E-state index is 12.9. The minimum atomic E-state index is -2.57. The van der Waals surface area contributed by atoms with Crippen LogP contribution in [-0.4, -0.2) is 97.4 Å². The Bertz CT molecular complexity index is 2530. The van der Waals surface area contributed by atoms with Crippen LogP contribution in [-0.2, 0) is 0 Å². The topological polar surface area (TPSA) is 118 Å². The van der Waals surface area contributed by atoms with Gasteiger partial charge in [-0.1, -0.05) is 54.6 Å². The van der Waals surface area contributed by atoms with Gasteiger partial charge in [-0.2, -0.15) is 5.10 Å². The number of rotatable bonds is 16. The molecule has 0 saturated heterocycles. The summed E-state index contributed by atoms with van der Waals surface area (Å²) in [6.07, 6.45) is 7.71. The van der Waals surface area contributed by atoms with Crippen LogP contribution in [0.4, 0.5) is 5.69 Å². The van der Waals surface area contributed by atoms with Crippen LogP contribution in [0.3, 0.4) is 0 Å². The van der Waals surface area contributed by atoms with Crippen molar-refractivity contribution in [2.75, 3.05) is 52.8 Å². The highest BCUT2D eigenvalue weighted by atomic mass is 32.2. The van der Waals surface area contributed by atoms with Crippen molar-refractivity contribution in [2.45, 2.75) is 48.5 Å². The van der Waals surface area contributed by atoms with Crippen LogP contribution in [0.25, 0.3) is 38.9 Å².